The number of benzene rings is 1. The minimum Gasteiger partial charge on any atom is -0.410 e. The Morgan fingerprint density at radius 1 is 1.12 bits per heavy atom. The van der Waals surface area contributed by atoms with Crippen LogP contribution in [0.5, 0.6) is 5.75 Å². The van der Waals surface area contributed by atoms with Gasteiger partial charge in [-0.1, -0.05) is 24.3 Å². The first-order chi connectivity index (χ1) is 8.24. The molecule has 4 nitrogen and oxygen atoms in total. The Kier molecular flexibility index (Phi) is 3.30. The van der Waals surface area contributed by atoms with Crippen LogP contribution < -0.4 is 10.1 Å². The Hall–Kier alpha value is -2.43. The van der Waals surface area contributed by atoms with E-state index in [0.717, 1.165) is 0 Å². The third-order valence-corrected chi connectivity index (χ3v) is 1.90. The zero-order chi connectivity index (χ0) is 12.1. The average molecular weight is 232 g/mol. The summed E-state index contributed by atoms with van der Waals surface area (Å²) in [6.45, 7) is 0. The third kappa shape index (κ3) is 3.27. The van der Waals surface area contributed by atoms with E-state index in [-0.39, 0.29) is 5.82 Å². The molecule has 17 heavy (non-hydrogen) atoms. The number of rotatable bonds is 2. The van der Waals surface area contributed by atoms with Gasteiger partial charge in [0.2, 0.25) is 5.95 Å². The minimum atomic E-state index is -0.714. The van der Waals surface area contributed by atoms with Crippen molar-refractivity contribution in [3.63, 3.8) is 0 Å². The lowest BCUT2D eigenvalue weighted by Gasteiger charge is -2.05. The first-order valence-corrected chi connectivity index (χ1v) is 4.90. The second-order valence-electron chi connectivity index (χ2n) is 3.17. The number of nitrogens with one attached hydrogen (secondary N) is 1. The molecular weight excluding hydrogens is 223 g/mol. The highest BCUT2D eigenvalue weighted by Gasteiger charge is 2.05. The fourth-order valence-corrected chi connectivity index (χ4v) is 1.20. The zero-order valence-electron chi connectivity index (χ0n) is 8.76. The van der Waals surface area contributed by atoms with Gasteiger partial charge < -0.3 is 4.74 Å². The fourth-order valence-electron chi connectivity index (χ4n) is 1.20. The van der Waals surface area contributed by atoms with E-state index < -0.39 is 12.0 Å². The summed E-state index contributed by atoms with van der Waals surface area (Å²) in [5.74, 6) is -0.158. The Balaban J connectivity index is 1.98. The number of amides is 1. The Morgan fingerprint density at radius 3 is 2.59 bits per heavy atom. The molecule has 0 fully saturated rings. The van der Waals surface area contributed by atoms with E-state index in [1.165, 1.54) is 18.2 Å². The molecule has 1 amide bonds. The largest absolute Gasteiger partial charge is 0.418 e. The number of anilines is 1. The van der Waals surface area contributed by atoms with E-state index in [4.69, 9.17) is 4.74 Å². The van der Waals surface area contributed by atoms with Gasteiger partial charge in [0.1, 0.15) is 11.6 Å². The summed E-state index contributed by atoms with van der Waals surface area (Å²) >= 11 is 0. The molecule has 0 atom stereocenters. The van der Waals surface area contributed by atoms with Crippen molar-refractivity contribution in [2.45, 2.75) is 0 Å². The van der Waals surface area contributed by atoms with Crippen LogP contribution in [0, 0.1) is 5.95 Å². The normalized spacial score (nSPS) is 9.71. The first kappa shape index (κ1) is 11.1. The number of nitrogens with zero attached hydrogens (tertiary/aromatic N) is 1. The van der Waals surface area contributed by atoms with Crippen molar-refractivity contribution in [2.24, 2.45) is 0 Å². The van der Waals surface area contributed by atoms with Gasteiger partial charge in [-0.15, -0.1) is 0 Å². The molecule has 1 N–H and O–H groups in total. The molecule has 0 aliphatic rings. The number of para-hydroxylation sites is 1. The number of ether oxygens (including phenoxy) is 1. The van der Waals surface area contributed by atoms with Crippen molar-refractivity contribution in [2.75, 3.05) is 5.32 Å². The topological polar surface area (TPSA) is 51.2 Å². The number of pyridine rings is 1. The molecule has 1 aromatic heterocycles. The number of hydrogen-bond donors (Lipinski definition) is 1. The van der Waals surface area contributed by atoms with Gasteiger partial charge in [-0.3, -0.25) is 5.32 Å². The van der Waals surface area contributed by atoms with Crippen LogP contribution in [0.3, 0.4) is 0 Å². The lowest BCUT2D eigenvalue weighted by molar-refractivity contribution is 0.215. The summed E-state index contributed by atoms with van der Waals surface area (Å²) in [6, 6.07) is 12.7. The van der Waals surface area contributed by atoms with Crippen molar-refractivity contribution in [3.05, 3.63) is 54.5 Å². The van der Waals surface area contributed by atoms with Gasteiger partial charge in [0.05, 0.1) is 0 Å². The summed E-state index contributed by atoms with van der Waals surface area (Å²) in [5, 5.41) is 2.32. The number of aromatic nitrogens is 1. The predicted molar refractivity (Wildman–Crippen MR) is 60.3 cm³/mol. The van der Waals surface area contributed by atoms with E-state index in [2.05, 4.69) is 10.3 Å². The summed E-state index contributed by atoms with van der Waals surface area (Å²) in [7, 11) is 0. The van der Waals surface area contributed by atoms with E-state index in [0.29, 0.717) is 5.75 Å². The van der Waals surface area contributed by atoms with Gasteiger partial charge >= 0.3 is 6.09 Å². The van der Waals surface area contributed by atoms with Gasteiger partial charge in [0.25, 0.3) is 0 Å². The smallest absolute Gasteiger partial charge is 0.410 e. The monoisotopic (exact) mass is 232 g/mol. The lowest BCUT2D eigenvalue weighted by Crippen LogP contribution is -2.17. The summed E-state index contributed by atoms with van der Waals surface area (Å²) in [6.07, 6.45) is -0.714. The van der Waals surface area contributed by atoms with Crippen molar-refractivity contribution >= 4 is 11.9 Å². The molecule has 0 aliphatic heterocycles. The van der Waals surface area contributed by atoms with Gasteiger partial charge in [0.15, 0.2) is 0 Å². The zero-order valence-corrected chi connectivity index (χ0v) is 8.76. The van der Waals surface area contributed by atoms with Crippen molar-refractivity contribution in [3.8, 4) is 5.75 Å². The number of halogens is 1. The summed E-state index contributed by atoms with van der Waals surface area (Å²) < 4.78 is 17.7. The van der Waals surface area contributed by atoms with E-state index in [1.54, 1.807) is 30.3 Å². The van der Waals surface area contributed by atoms with Crippen LogP contribution in [0.2, 0.25) is 0 Å². The first-order valence-electron chi connectivity index (χ1n) is 4.90. The standard InChI is InChI=1S/C12H9FN2O2/c13-10-7-4-8-11(14-10)15-12(16)17-9-5-2-1-3-6-9/h1-8H,(H,14,15,16). The van der Waals surface area contributed by atoms with E-state index in [9.17, 15) is 9.18 Å². The Labute approximate surface area is 97.1 Å². The number of carbonyl (C=O) groups is 1. The van der Waals surface area contributed by atoms with Crippen LogP contribution in [0.1, 0.15) is 0 Å². The summed E-state index contributed by atoms with van der Waals surface area (Å²) in [5.41, 5.74) is 0. The predicted octanol–water partition coefficient (Wildman–Crippen LogP) is 2.83. The van der Waals surface area contributed by atoms with Gasteiger partial charge in [0, 0.05) is 0 Å². The lowest BCUT2D eigenvalue weighted by atomic mass is 10.3. The van der Waals surface area contributed by atoms with Crippen molar-refractivity contribution in [1.29, 1.82) is 0 Å². The second-order valence-corrected chi connectivity index (χ2v) is 3.17. The average Bonchev–Trinajstić information content (AvgIpc) is 2.30. The third-order valence-electron chi connectivity index (χ3n) is 1.90. The molecule has 0 aliphatic carbocycles. The quantitative estimate of drug-likeness (QED) is 0.810. The molecule has 0 saturated carbocycles. The maximum absolute atomic E-state index is 12.7. The minimum absolute atomic E-state index is 0.103. The molecule has 1 aromatic carbocycles. The Morgan fingerprint density at radius 2 is 1.88 bits per heavy atom. The molecule has 5 heteroatoms. The number of carbonyl (C=O) groups excluding carboxylic acids is 1. The molecule has 0 unspecified atom stereocenters. The van der Waals surface area contributed by atoms with Crippen molar-refractivity contribution in [1.82, 2.24) is 4.98 Å². The molecule has 86 valence electrons. The van der Waals surface area contributed by atoms with Crippen LogP contribution in [0.25, 0.3) is 0 Å². The van der Waals surface area contributed by atoms with Crippen LogP contribution in [0.15, 0.2) is 48.5 Å². The molecule has 0 radical (unpaired) electrons. The maximum atomic E-state index is 12.7. The molecule has 0 bridgehead atoms. The van der Waals surface area contributed by atoms with E-state index in [1.807, 2.05) is 0 Å². The van der Waals surface area contributed by atoms with E-state index >= 15 is 0 Å². The fraction of sp³-hybridized carbons (Fsp3) is 0. The van der Waals surface area contributed by atoms with Gasteiger partial charge in [-0.05, 0) is 24.3 Å². The SMILES string of the molecule is O=C(Nc1cccc(F)n1)Oc1ccccc1. The van der Waals surface area contributed by atoms with Crippen LogP contribution in [-0.4, -0.2) is 11.1 Å². The highest BCUT2D eigenvalue weighted by molar-refractivity contribution is 5.84. The molecule has 2 aromatic rings. The highest BCUT2D eigenvalue weighted by atomic mass is 19.1. The second kappa shape index (κ2) is 5.07. The molecule has 2 rings (SSSR count). The highest BCUT2D eigenvalue weighted by Crippen LogP contribution is 2.10. The van der Waals surface area contributed by atoms with Crippen LogP contribution in [-0.2, 0) is 0 Å². The van der Waals surface area contributed by atoms with Crippen molar-refractivity contribution < 1.29 is 13.9 Å². The molecule has 0 spiro atoms. The van der Waals surface area contributed by atoms with Crippen LogP contribution >= 0.6 is 0 Å². The molecule has 0 saturated heterocycles. The van der Waals surface area contributed by atoms with Gasteiger partial charge in [-0.25, -0.2) is 9.78 Å². The molecular formula is C12H9FN2O2. The Bertz CT molecular complexity index is 517. The van der Waals surface area contributed by atoms with Crippen LogP contribution in [0.4, 0.5) is 15.0 Å². The summed E-state index contributed by atoms with van der Waals surface area (Å²) in [4.78, 5) is 14.9. The molecule has 1 heterocycles. The maximum Gasteiger partial charge on any atom is 0.418 e. The number of hydrogen-bond acceptors (Lipinski definition) is 3. The van der Waals surface area contributed by atoms with Gasteiger partial charge in [-0.2, -0.15) is 4.39 Å².